The molecular weight excluding hydrogens is 244 g/mol. The predicted molar refractivity (Wildman–Crippen MR) is 59.6 cm³/mol. The molecule has 1 aromatic carbocycles. The van der Waals surface area contributed by atoms with Gasteiger partial charge in [-0.1, -0.05) is 12.6 Å². The fraction of sp³-hybridized carbons (Fsp3) is 0.250. The Bertz CT molecular complexity index is 488. The first-order chi connectivity index (χ1) is 8.50. The van der Waals surface area contributed by atoms with Gasteiger partial charge in [0, 0.05) is 6.54 Å². The molecule has 0 aliphatic carbocycles. The van der Waals surface area contributed by atoms with Crippen molar-refractivity contribution in [1.29, 1.82) is 0 Å². The third-order valence-electron chi connectivity index (χ3n) is 2.36. The molecule has 1 aliphatic rings. The van der Waals surface area contributed by atoms with Crippen LogP contribution in [0.15, 0.2) is 30.9 Å². The van der Waals surface area contributed by atoms with Crippen LogP contribution in [-0.4, -0.2) is 18.7 Å². The highest BCUT2D eigenvalue weighted by atomic mass is 19.3. The fourth-order valence-corrected chi connectivity index (χ4v) is 1.55. The monoisotopic (exact) mass is 255 g/mol. The minimum absolute atomic E-state index is 0.00699. The standard InChI is InChI=1S/C12H11F2NO3/c1-2-11(16)15-6-5-8-3-4-9-10(7-8)18-12(13,14)17-9/h2-4,7H,1,5-6H2,(H,15,16). The molecule has 0 unspecified atom stereocenters. The maximum absolute atomic E-state index is 12.8. The van der Waals surface area contributed by atoms with Crippen LogP contribution in [0.2, 0.25) is 0 Å². The molecule has 4 nitrogen and oxygen atoms in total. The van der Waals surface area contributed by atoms with Crippen molar-refractivity contribution in [2.75, 3.05) is 6.54 Å². The molecule has 1 aliphatic heterocycles. The van der Waals surface area contributed by atoms with Crippen molar-refractivity contribution in [3.05, 3.63) is 36.4 Å². The Morgan fingerprint density at radius 2 is 2.11 bits per heavy atom. The normalized spacial score (nSPS) is 15.2. The fourth-order valence-electron chi connectivity index (χ4n) is 1.55. The van der Waals surface area contributed by atoms with Gasteiger partial charge in [-0.15, -0.1) is 8.78 Å². The number of hydrogen-bond donors (Lipinski definition) is 1. The van der Waals surface area contributed by atoms with E-state index in [9.17, 15) is 13.6 Å². The van der Waals surface area contributed by atoms with Crippen LogP contribution in [0.25, 0.3) is 0 Å². The van der Waals surface area contributed by atoms with E-state index < -0.39 is 6.29 Å². The number of alkyl halides is 2. The van der Waals surface area contributed by atoms with E-state index in [2.05, 4.69) is 21.4 Å². The quantitative estimate of drug-likeness (QED) is 0.835. The van der Waals surface area contributed by atoms with Gasteiger partial charge < -0.3 is 14.8 Å². The summed E-state index contributed by atoms with van der Waals surface area (Å²) in [6.07, 6.45) is -1.93. The number of rotatable bonds is 4. The van der Waals surface area contributed by atoms with E-state index in [0.717, 1.165) is 5.56 Å². The van der Waals surface area contributed by atoms with Crippen LogP contribution >= 0.6 is 0 Å². The van der Waals surface area contributed by atoms with E-state index in [-0.39, 0.29) is 17.4 Å². The Balaban J connectivity index is 1.97. The Kier molecular flexibility index (Phi) is 3.18. The number of nitrogens with one attached hydrogen (secondary N) is 1. The van der Waals surface area contributed by atoms with Gasteiger partial charge in [0.05, 0.1) is 0 Å². The lowest BCUT2D eigenvalue weighted by Gasteiger charge is -2.04. The van der Waals surface area contributed by atoms with Gasteiger partial charge in [-0.05, 0) is 30.2 Å². The lowest BCUT2D eigenvalue weighted by molar-refractivity contribution is -0.286. The molecular formula is C12H11F2NO3. The highest BCUT2D eigenvalue weighted by Crippen LogP contribution is 2.41. The van der Waals surface area contributed by atoms with Crippen molar-refractivity contribution < 1.29 is 23.0 Å². The summed E-state index contributed by atoms with van der Waals surface area (Å²) in [5.41, 5.74) is 0.763. The molecule has 6 heteroatoms. The van der Waals surface area contributed by atoms with E-state index in [1.54, 1.807) is 6.07 Å². The van der Waals surface area contributed by atoms with E-state index in [4.69, 9.17) is 0 Å². The molecule has 0 spiro atoms. The molecule has 0 radical (unpaired) electrons. The summed E-state index contributed by atoms with van der Waals surface area (Å²) in [6, 6.07) is 4.53. The van der Waals surface area contributed by atoms with Gasteiger partial charge in [0.1, 0.15) is 0 Å². The van der Waals surface area contributed by atoms with Crippen LogP contribution in [0.4, 0.5) is 8.78 Å². The maximum Gasteiger partial charge on any atom is 0.586 e. The van der Waals surface area contributed by atoms with E-state index in [1.807, 2.05) is 0 Å². The van der Waals surface area contributed by atoms with Crippen molar-refractivity contribution >= 4 is 5.91 Å². The van der Waals surface area contributed by atoms with Gasteiger partial charge in [0.25, 0.3) is 0 Å². The topological polar surface area (TPSA) is 47.6 Å². The number of halogens is 2. The zero-order chi connectivity index (χ0) is 13.2. The number of benzene rings is 1. The first-order valence-electron chi connectivity index (χ1n) is 5.29. The van der Waals surface area contributed by atoms with Crippen molar-refractivity contribution in [3.8, 4) is 11.5 Å². The largest absolute Gasteiger partial charge is 0.586 e. The van der Waals surface area contributed by atoms with Crippen LogP contribution < -0.4 is 14.8 Å². The van der Waals surface area contributed by atoms with E-state index >= 15 is 0 Å². The van der Waals surface area contributed by atoms with Crippen LogP contribution in [0.5, 0.6) is 11.5 Å². The lowest BCUT2D eigenvalue weighted by atomic mass is 10.1. The molecule has 18 heavy (non-hydrogen) atoms. The van der Waals surface area contributed by atoms with Crippen molar-refractivity contribution in [1.82, 2.24) is 5.32 Å². The predicted octanol–water partition coefficient (Wildman–Crippen LogP) is 1.85. The average molecular weight is 255 g/mol. The van der Waals surface area contributed by atoms with Crippen molar-refractivity contribution in [3.63, 3.8) is 0 Å². The summed E-state index contributed by atoms with van der Waals surface area (Å²) in [6.45, 7) is 3.71. The van der Waals surface area contributed by atoms with E-state index in [0.29, 0.717) is 13.0 Å². The number of ether oxygens (including phenoxy) is 2. The lowest BCUT2D eigenvalue weighted by Crippen LogP contribution is -2.25. The van der Waals surface area contributed by atoms with Gasteiger partial charge in [0.2, 0.25) is 5.91 Å². The van der Waals surface area contributed by atoms with Crippen LogP contribution in [0, 0.1) is 0 Å². The Morgan fingerprint density at radius 1 is 1.39 bits per heavy atom. The number of hydrogen-bond acceptors (Lipinski definition) is 3. The Hall–Kier alpha value is -2.11. The zero-order valence-corrected chi connectivity index (χ0v) is 9.41. The van der Waals surface area contributed by atoms with Crippen LogP contribution in [0.1, 0.15) is 5.56 Å². The second kappa shape index (κ2) is 4.64. The van der Waals surface area contributed by atoms with Gasteiger partial charge in [-0.2, -0.15) is 0 Å². The minimum Gasteiger partial charge on any atom is -0.395 e. The summed E-state index contributed by atoms with van der Waals surface area (Å²) >= 11 is 0. The molecule has 0 aromatic heterocycles. The average Bonchev–Trinajstić information content (AvgIpc) is 2.62. The number of carbonyl (C=O) groups is 1. The molecule has 1 N–H and O–H groups in total. The molecule has 1 amide bonds. The number of carbonyl (C=O) groups excluding carboxylic acids is 1. The molecule has 0 saturated heterocycles. The van der Waals surface area contributed by atoms with Gasteiger partial charge >= 0.3 is 6.29 Å². The third kappa shape index (κ3) is 2.77. The number of fused-ring (bicyclic) bond motifs is 1. The molecule has 96 valence electrons. The third-order valence-corrected chi connectivity index (χ3v) is 2.36. The summed E-state index contributed by atoms with van der Waals surface area (Å²) in [7, 11) is 0. The molecule has 2 rings (SSSR count). The molecule has 0 bridgehead atoms. The van der Waals surface area contributed by atoms with Crippen molar-refractivity contribution in [2.24, 2.45) is 0 Å². The first-order valence-corrected chi connectivity index (χ1v) is 5.29. The van der Waals surface area contributed by atoms with E-state index in [1.165, 1.54) is 18.2 Å². The SMILES string of the molecule is C=CC(=O)NCCc1ccc2c(c1)OC(F)(F)O2. The molecule has 0 saturated carbocycles. The van der Waals surface area contributed by atoms with Gasteiger partial charge in [-0.3, -0.25) is 4.79 Å². The minimum atomic E-state index is -3.60. The molecule has 0 atom stereocenters. The highest BCUT2D eigenvalue weighted by molar-refractivity contribution is 5.86. The second-order valence-corrected chi connectivity index (χ2v) is 3.69. The smallest absolute Gasteiger partial charge is 0.395 e. The molecule has 1 aromatic rings. The first kappa shape index (κ1) is 12.3. The number of amides is 1. The Morgan fingerprint density at radius 3 is 2.83 bits per heavy atom. The molecule has 1 heterocycles. The van der Waals surface area contributed by atoms with Crippen LogP contribution in [-0.2, 0) is 11.2 Å². The van der Waals surface area contributed by atoms with Crippen molar-refractivity contribution in [2.45, 2.75) is 12.7 Å². The summed E-state index contributed by atoms with van der Waals surface area (Å²) in [4.78, 5) is 10.9. The van der Waals surface area contributed by atoms with Crippen LogP contribution in [0.3, 0.4) is 0 Å². The second-order valence-electron chi connectivity index (χ2n) is 3.69. The van der Waals surface area contributed by atoms with Gasteiger partial charge in [-0.25, -0.2) is 0 Å². The Labute approximate surface area is 102 Å². The van der Waals surface area contributed by atoms with Gasteiger partial charge in [0.15, 0.2) is 11.5 Å². The maximum atomic E-state index is 12.8. The summed E-state index contributed by atoms with van der Waals surface area (Å²) in [5, 5.41) is 2.59. The summed E-state index contributed by atoms with van der Waals surface area (Å²) < 4.78 is 34.1. The zero-order valence-electron chi connectivity index (χ0n) is 9.41. The highest BCUT2D eigenvalue weighted by Gasteiger charge is 2.43. The molecule has 0 fully saturated rings. The summed E-state index contributed by atoms with van der Waals surface area (Å²) in [5.74, 6) is -0.256.